The molecule has 5 rings (SSSR count). The van der Waals surface area contributed by atoms with Crippen LogP contribution in [0.4, 0.5) is 34.6 Å². The van der Waals surface area contributed by atoms with Crippen LogP contribution in [0.5, 0.6) is 0 Å². The average Bonchev–Trinajstić information content (AvgIpc) is 3.12. The molecule has 0 atom stereocenters. The number of Topliss-reactive ketones (excluding diaryl/α,β-unsaturated/α-hetero) is 2. The van der Waals surface area contributed by atoms with E-state index in [1.165, 1.54) is 11.1 Å². The summed E-state index contributed by atoms with van der Waals surface area (Å²) in [6.07, 6.45) is -0.572. The Hall–Kier alpha value is -5.44. The van der Waals surface area contributed by atoms with Gasteiger partial charge in [-0.05, 0) is 70.3 Å². The van der Waals surface area contributed by atoms with Gasteiger partial charge in [0.15, 0.2) is 0 Å². The lowest BCUT2D eigenvalue weighted by Gasteiger charge is -2.26. The average molecular weight is 712 g/mol. The number of carbonyl (C=O) groups is 2. The topological polar surface area (TPSA) is 98.2 Å². The maximum absolute atomic E-state index is 14.9. The number of hydrogen-bond acceptors (Lipinski definition) is 5. The fourth-order valence-corrected chi connectivity index (χ4v) is 5.80. The zero-order valence-corrected chi connectivity index (χ0v) is 30.2. The van der Waals surface area contributed by atoms with Crippen molar-refractivity contribution in [2.75, 3.05) is 23.8 Å². The number of nitrogens with one attached hydrogen (secondary N) is 1. The van der Waals surface area contributed by atoms with Gasteiger partial charge in [-0.1, -0.05) is 107 Å². The van der Waals surface area contributed by atoms with Crippen molar-refractivity contribution in [3.05, 3.63) is 160 Å². The number of alkyl halides is 4. The fourth-order valence-electron chi connectivity index (χ4n) is 5.80. The number of ketones is 2. The number of hydrogen-bond donors (Lipinski definition) is 3. The zero-order valence-electron chi connectivity index (χ0n) is 30.2. The largest absolute Gasteiger partial charge is 0.399 e. The van der Waals surface area contributed by atoms with Crippen LogP contribution in [-0.2, 0) is 38.7 Å². The highest BCUT2D eigenvalue weighted by molar-refractivity contribution is 5.89. The minimum Gasteiger partial charge on any atom is -0.399 e. The molecular formula is C43H45F4N3O2. The van der Waals surface area contributed by atoms with Gasteiger partial charge in [-0.2, -0.15) is 17.6 Å². The lowest BCUT2D eigenvalue weighted by atomic mass is 9.78. The van der Waals surface area contributed by atoms with Gasteiger partial charge in [-0.15, -0.1) is 0 Å². The standard InChI is InChI=1S/C28H27F4NO2.C15H18N2/c1-18(34)27(29,30)22-6-5-7-23(17-22)28(31,32)25(35)16-19-8-10-20(11-9-19)26(2,3)21-12-14-24(33-4)15-13-21;1-15(2,11-3-7-13(16)8-4-11)12-5-9-14(17)10-6-12/h5-15,17,33H,16H2,1-4H3;3-10H,16-17H2,1-2H3. The molecule has 0 unspecified atom stereocenters. The van der Waals surface area contributed by atoms with Crippen LogP contribution >= 0.6 is 0 Å². The summed E-state index contributed by atoms with van der Waals surface area (Å²) in [5.41, 5.74) is 16.7. The number of halogens is 4. The molecule has 0 heterocycles. The van der Waals surface area contributed by atoms with Crippen molar-refractivity contribution in [3.8, 4) is 0 Å². The molecule has 0 fully saturated rings. The van der Waals surface area contributed by atoms with Crippen LogP contribution in [0.3, 0.4) is 0 Å². The Morgan fingerprint density at radius 3 is 1.31 bits per heavy atom. The second-order valence-electron chi connectivity index (χ2n) is 13.9. The van der Waals surface area contributed by atoms with Crippen molar-refractivity contribution < 1.29 is 27.2 Å². The molecule has 5 N–H and O–H groups in total. The predicted molar refractivity (Wildman–Crippen MR) is 202 cm³/mol. The van der Waals surface area contributed by atoms with E-state index >= 15 is 0 Å². The molecule has 0 aromatic heterocycles. The predicted octanol–water partition coefficient (Wildman–Crippen LogP) is 9.82. The maximum atomic E-state index is 14.9. The highest BCUT2D eigenvalue weighted by Crippen LogP contribution is 2.37. The van der Waals surface area contributed by atoms with Crippen molar-refractivity contribution in [1.82, 2.24) is 0 Å². The number of benzene rings is 5. The molecule has 0 radical (unpaired) electrons. The van der Waals surface area contributed by atoms with Gasteiger partial charge in [0.2, 0.25) is 11.6 Å². The molecular weight excluding hydrogens is 666 g/mol. The third-order valence-corrected chi connectivity index (χ3v) is 9.58. The molecule has 5 aromatic rings. The van der Waals surface area contributed by atoms with E-state index in [0.717, 1.165) is 46.4 Å². The highest BCUT2D eigenvalue weighted by atomic mass is 19.3. The first-order chi connectivity index (χ1) is 24.3. The van der Waals surface area contributed by atoms with Gasteiger partial charge in [0.25, 0.3) is 0 Å². The first-order valence-corrected chi connectivity index (χ1v) is 16.8. The van der Waals surface area contributed by atoms with E-state index in [4.69, 9.17) is 11.5 Å². The molecule has 9 heteroatoms. The number of nitrogens with two attached hydrogens (primary N) is 2. The molecule has 0 saturated carbocycles. The number of nitrogen functional groups attached to an aromatic ring is 2. The molecule has 5 nitrogen and oxygen atoms in total. The molecule has 0 aliphatic heterocycles. The summed E-state index contributed by atoms with van der Waals surface area (Å²) in [5, 5.41) is 3.06. The van der Waals surface area contributed by atoms with E-state index in [1.807, 2.05) is 69.4 Å². The molecule has 52 heavy (non-hydrogen) atoms. The Morgan fingerprint density at radius 2 is 0.923 bits per heavy atom. The minimum atomic E-state index is -3.99. The van der Waals surface area contributed by atoms with Crippen LogP contribution < -0.4 is 16.8 Å². The van der Waals surface area contributed by atoms with Gasteiger partial charge in [0.05, 0.1) is 0 Å². The Morgan fingerprint density at radius 1 is 0.558 bits per heavy atom. The number of anilines is 3. The van der Waals surface area contributed by atoms with Gasteiger partial charge >= 0.3 is 11.8 Å². The van der Waals surface area contributed by atoms with Crippen molar-refractivity contribution in [2.45, 2.75) is 63.7 Å². The van der Waals surface area contributed by atoms with E-state index in [-0.39, 0.29) is 10.8 Å². The van der Waals surface area contributed by atoms with Gasteiger partial charge in [0, 0.05) is 59.4 Å². The van der Waals surface area contributed by atoms with Crippen molar-refractivity contribution in [1.29, 1.82) is 0 Å². The lowest BCUT2D eigenvalue weighted by molar-refractivity contribution is -0.143. The van der Waals surface area contributed by atoms with Crippen LogP contribution in [-0.4, -0.2) is 18.6 Å². The maximum Gasteiger partial charge on any atom is 0.330 e. The van der Waals surface area contributed by atoms with Crippen LogP contribution in [0.15, 0.2) is 121 Å². The molecule has 0 aliphatic carbocycles. The summed E-state index contributed by atoms with van der Waals surface area (Å²) in [6.45, 7) is 9.16. The quantitative estimate of drug-likeness (QED) is 0.0936. The SMILES string of the molecule is CC(C)(c1ccc(N)cc1)c1ccc(N)cc1.CNc1ccc(C(C)(C)c2ccc(CC(=O)C(F)(F)c3cccc(C(F)(F)C(C)=O)c3)cc2)cc1. The van der Waals surface area contributed by atoms with Crippen LogP contribution in [0.2, 0.25) is 0 Å². The Labute approximate surface area is 303 Å². The summed E-state index contributed by atoms with van der Waals surface area (Å²) in [4.78, 5) is 23.7. The van der Waals surface area contributed by atoms with Crippen molar-refractivity contribution in [2.24, 2.45) is 0 Å². The molecule has 0 bridgehead atoms. The van der Waals surface area contributed by atoms with Crippen molar-refractivity contribution in [3.63, 3.8) is 0 Å². The zero-order chi connectivity index (χ0) is 38.5. The molecule has 5 aromatic carbocycles. The highest BCUT2D eigenvalue weighted by Gasteiger charge is 2.43. The van der Waals surface area contributed by atoms with Crippen LogP contribution in [0.1, 0.15) is 73.6 Å². The Kier molecular flexibility index (Phi) is 11.7. The Bertz CT molecular complexity index is 1940. The summed E-state index contributed by atoms with van der Waals surface area (Å²) >= 11 is 0. The first kappa shape index (κ1) is 39.3. The van der Waals surface area contributed by atoms with E-state index in [1.54, 1.807) is 24.3 Å². The van der Waals surface area contributed by atoms with Gasteiger partial charge in [-0.3, -0.25) is 9.59 Å². The normalized spacial score (nSPS) is 12.0. The molecule has 0 aliphatic rings. The van der Waals surface area contributed by atoms with Gasteiger partial charge < -0.3 is 16.8 Å². The van der Waals surface area contributed by atoms with Gasteiger partial charge in [-0.25, -0.2) is 0 Å². The monoisotopic (exact) mass is 711 g/mol. The molecule has 0 saturated heterocycles. The van der Waals surface area contributed by atoms with Crippen LogP contribution in [0, 0.1) is 0 Å². The van der Waals surface area contributed by atoms with E-state index < -0.39 is 41.0 Å². The van der Waals surface area contributed by atoms with Gasteiger partial charge in [0.1, 0.15) is 0 Å². The fraction of sp³-hybridized carbons (Fsp3) is 0.256. The van der Waals surface area contributed by atoms with Crippen LogP contribution in [0.25, 0.3) is 0 Å². The smallest absolute Gasteiger partial charge is 0.330 e. The van der Waals surface area contributed by atoms with E-state index in [9.17, 15) is 27.2 Å². The summed E-state index contributed by atoms with van der Waals surface area (Å²) in [6, 6.07) is 34.1. The first-order valence-electron chi connectivity index (χ1n) is 16.8. The summed E-state index contributed by atoms with van der Waals surface area (Å²) < 4.78 is 57.8. The minimum absolute atomic E-state index is 0.0403. The molecule has 0 spiro atoms. The molecule has 0 amide bonds. The molecule has 272 valence electrons. The second-order valence-corrected chi connectivity index (χ2v) is 13.9. The third kappa shape index (κ3) is 8.70. The second kappa shape index (κ2) is 15.4. The summed E-state index contributed by atoms with van der Waals surface area (Å²) in [7, 11) is 1.84. The summed E-state index contributed by atoms with van der Waals surface area (Å²) in [5.74, 6) is -10.8. The lowest BCUT2D eigenvalue weighted by Crippen LogP contribution is -2.29. The number of carbonyl (C=O) groups excluding carboxylic acids is 2. The van der Waals surface area contributed by atoms with E-state index in [0.29, 0.717) is 18.6 Å². The van der Waals surface area contributed by atoms with Crippen molar-refractivity contribution >= 4 is 28.6 Å². The van der Waals surface area contributed by atoms with E-state index in [2.05, 4.69) is 43.4 Å². The Balaban J connectivity index is 0.000000296. The third-order valence-electron chi connectivity index (χ3n) is 9.58. The number of rotatable bonds is 11.